The van der Waals surface area contributed by atoms with Crippen molar-refractivity contribution >= 4 is 17.0 Å². The van der Waals surface area contributed by atoms with Gasteiger partial charge in [0, 0.05) is 17.5 Å². The Kier molecular flexibility index (Phi) is 6.64. The molecule has 1 heterocycles. The highest BCUT2D eigenvalue weighted by Gasteiger charge is 2.16. The van der Waals surface area contributed by atoms with Crippen molar-refractivity contribution in [3.63, 3.8) is 0 Å². The first-order valence-electron chi connectivity index (χ1n) is 9.62. The topological polar surface area (TPSA) is 45.0 Å². The van der Waals surface area contributed by atoms with Gasteiger partial charge in [-0.3, -0.25) is 0 Å². The van der Waals surface area contributed by atoms with Gasteiger partial charge in [0.15, 0.2) is 16.3 Å². The van der Waals surface area contributed by atoms with Gasteiger partial charge in [0.2, 0.25) is 5.75 Å². The van der Waals surface area contributed by atoms with Crippen LogP contribution < -0.4 is 19.0 Å². The maximum Gasteiger partial charge on any atom is 0.203 e. The van der Waals surface area contributed by atoms with Gasteiger partial charge < -0.3 is 18.8 Å². The van der Waals surface area contributed by atoms with Crippen molar-refractivity contribution < 1.29 is 14.2 Å². The predicted octanol–water partition coefficient (Wildman–Crippen LogP) is 5.50. The zero-order chi connectivity index (χ0) is 21.0. The smallest absolute Gasteiger partial charge is 0.203 e. The highest BCUT2D eigenvalue weighted by atomic mass is 32.1. The molecule has 0 radical (unpaired) electrons. The van der Waals surface area contributed by atoms with E-state index in [1.54, 1.807) is 32.7 Å². The highest BCUT2D eigenvalue weighted by Crippen LogP contribution is 2.41. The van der Waals surface area contributed by atoms with Crippen molar-refractivity contribution in [2.45, 2.75) is 33.7 Å². The third kappa shape index (κ3) is 4.48. The number of hydrogen-bond donors (Lipinski definition) is 0. The predicted molar refractivity (Wildman–Crippen MR) is 119 cm³/mol. The van der Waals surface area contributed by atoms with Crippen LogP contribution in [0, 0.1) is 13.8 Å². The van der Waals surface area contributed by atoms with Gasteiger partial charge in [-0.05, 0) is 55.7 Å². The molecule has 1 aromatic heterocycles. The molecule has 6 heteroatoms. The van der Waals surface area contributed by atoms with Gasteiger partial charge in [0.25, 0.3) is 0 Å². The number of rotatable bonds is 7. The lowest BCUT2D eigenvalue weighted by Crippen LogP contribution is -2.15. The molecule has 0 fully saturated rings. The number of ether oxygens (including phenoxy) is 3. The summed E-state index contributed by atoms with van der Waals surface area (Å²) >= 11 is 1.64. The molecule has 0 saturated carbocycles. The molecule has 0 saturated heterocycles. The summed E-state index contributed by atoms with van der Waals surface area (Å²) in [6.07, 6.45) is 1.01. The first kappa shape index (κ1) is 21.0. The lowest BCUT2D eigenvalue weighted by Gasteiger charge is -2.15. The Morgan fingerprint density at radius 2 is 1.52 bits per heavy atom. The van der Waals surface area contributed by atoms with Gasteiger partial charge >= 0.3 is 0 Å². The van der Waals surface area contributed by atoms with Crippen LogP contribution >= 0.6 is 11.3 Å². The van der Waals surface area contributed by atoms with E-state index < -0.39 is 0 Å². The summed E-state index contributed by atoms with van der Waals surface area (Å²) in [6.45, 7) is 7.24. The van der Waals surface area contributed by atoms with Crippen molar-refractivity contribution in [3.05, 3.63) is 51.6 Å². The summed E-state index contributed by atoms with van der Waals surface area (Å²) in [5.41, 5.74) is 5.50. The average Bonchev–Trinajstić information content (AvgIpc) is 3.08. The number of aromatic nitrogens is 1. The number of nitrogens with zero attached hydrogens (tertiary/aromatic N) is 2. The molecule has 0 aliphatic rings. The van der Waals surface area contributed by atoms with Crippen molar-refractivity contribution in [1.82, 2.24) is 4.57 Å². The van der Waals surface area contributed by atoms with Crippen LogP contribution in [0.5, 0.6) is 17.2 Å². The van der Waals surface area contributed by atoms with Gasteiger partial charge in [-0.25, -0.2) is 4.99 Å². The zero-order valence-electron chi connectivity index (χ0n) is 17.9. The monoisotopic (exact) mass is 412 g/mol. The van der Waals surface area contributed by atoms with E-state index in [2.05, 4.69) is 48.9 Å². The summed E-state index contributed by atoms with van der Waals surface area (Å²) in [5.74, 6) is 1.88. The van der Waals surface area contributed by atoms with Gasteiger partial charge in [-0.2, -0.15) is 0 Å². The van der Waals surface area contributed by atoms with E-state index in [1.807, 2.05) is 12.1 Å². The molecular formula is C23H28N2O3S. The summed E-state index contributed by atoms with van der Waals surface area (Å²) < 4.78 is 18.8. The normalized spacial score (nSPS) is 11.6. The molecule has 0 aliphatic carbocycles. The van der Waals surface area contributed by atoms with Gasteiger partial charge in [0.1, 0.15) is 0 Å². The van der Waals surface area contributed by atoms with Crippen LogP contribution in [0.25, 0.3) is 11.3 Å². The third-order valence-corrected chi connectivity index (χ3v) is 5.50. The molecule has 0 unspecified atom stereocenters. The van der Waals surface area contributed by atoms with Crippen LogP contribution in [0.2, 0.25) is 0 Å². The van der Waals surface area contributed by atoms with Crippen LogP contribution in [0.3, 0.4) is 0 Å². The first-order chi connectivity index (χ1) is 14.0. The van der Waals surface area contributed by atoms with E-state index in [1.165, 1.54) is 11.1 Å². The molecule has 29 heavy (non-hydrogen) atoms. The van der Waals surface area contributed by atoms with E-state index in [0.717, 1.165) is 34.7 Å². The second-order valence-corrected chi connectivity index (χ2v) is 7.76. The van der Waals surface area contributed by atoms with Crippen molar-refractivity contribution in [2.75, 3.05) is 21.3 Å². The highest BCUT2D eigenvalue weighted by molar-refractivity contribution is 7.07. The van der Waals surface area contributed by atoms with E-state index >= 15 is 0 Å². The molecule has 0 aliphatic heterocycles. The molecule has 3 rings (SSSR count). The zero-order valence-corrected chi connectivity index (χ0v) is 18.7. The van der Waals surface area contributed by atoms with Gasteiger partial charge in [0.05, 0.1) is 32.7 Å². The maximum absolute atomic E-state index is 5.54. The number of aryl methyl sites for hydroxylation is 2. The van der Waals surface area contributed by atoms with Crippen molar-refractivity contribution in [3.8, 4) is 28.5 Å². The van der Waals surface area contributed by atoms with E-state index in [9.17, 15) is 0 Å². The summed E-state index contributed by atoms with van der Waals surface area (Å²) in [7, 11) is 4.88. The van der Waals surface area contributed by atoms with E-state index in [0.29, 0.717) is 17.2 Å². The molecule has 5 nitrogen and oxygen atoms in total. The van der Waals surface area contributed by atoms with Crippen LogP contribution in [0.1, 0.15) is 24.5 Å². The second-order valence-electron chi connectivity index (χ2n) is 6.93. The standard InChI is InChI=1S/C23H28N2O3S/c1-7-8-25-19(17-12-20(26-4)22(28-6)21(13-17)27-5)14-29-23(25)24-18-10-15(2)9-16(3)11-18/h9-14H,7-8H2,1-6H3. The molecule has 3 aromatic rings. The van der Waals surface area contributed by atoms with Gasteiger partial charge in [-0.15, -0.1) is 11.3 Å². The summed E-state index contributed by atoms with van der Waals surface area (Å²) in [6, 6.07) is 10.4. The minimum atomic E-state index is 0.594. The SMILES string of the molecule is CCCn1c(-c2cc(OC)c(OC)c(OC)c2)csc1=Nc1cc(C)cc(C)c1. The number of hydrogen-bond acceptors (Lipinski definition) is 5. The average molecular weight is 413 g/mol. The Morgan fingerprint density at radius 3 is 2.03 bits per heavy atom. The Morgan fingerprint density at radius 1 is 0.897 bits per heavy atom. The van der Waals surface area contributed by atoms with Crippen molar-refractivity contribution in [1.29, 1.82) is 0 Å². The Hall–Kier alpha value is -2.73. The summed E-state index contributed by atoms with van der Waals surface area (Å²) in [4.78, 5) is 5.91. The fourth-order valence-corrected chi connectivity index (χ4v) is 4.40. The molecule has 2 aromatic carbocycles. The lowest BCUT2D eigenvalue weighted by atomic mass is 10.1. The van der Waals surface area contributed by atoms with Crippen molar-refractivity contribution in [2.24, 2.45) is 4.99 Å². The van der Waals surface area contributed by atoms with E-state index in [4.69, 9.17) is 19.2 Å². The minimum absolute atomic E-state index is 0.594. The lowest BCUT2D eigenvalue weighted by molar-refractivity contribution is 0.324. The maximum atomic E-state index is 5.54. The fourth-order valence-electron chi connectivity index (χ4n) is 3.44. The van der Waals surface area contributed by atoms with Gasteiger partial charge in [-0.1, -0.05) is 13.0 Å². The molecule has 0 amide bonds. The van der Waals surface area contributed by atoms with Crippen LogP contribution in [0.15, 0.2) is 40.7 Å². The number of benzene rings is 2. The van der Waals surface area contributed by atoms with Crippen LogP contribution in [0.4, 0.5) is 5.69 Å². The number of methoxy groups -OCH3 is 3. The minimum Gasteiger partial charge on any atom is -0.493 e. The van der Waals surface area contributed by atoms with E-state index in [-0.39, 0.29) is 0 Å². The Bertz CT molecular complexity index is 1020. The second kappa shape index (κ2) is 9.18. The first-order valence-corrected chi connectivity index (χ1v) is 10.5. The third-order valence-electron chi connectivity index (χ3n) is 4.64. The molecule has 0 N–H and O–H groups in total. The fraction of sp³-hybridized carbons (Fsp3) is 0.348. The largest absolute Gasteiger partial charge is 0.493 e. The quantitative estimate of drug-likeness (QED) is 0.515. The summed E-state index contributed by atoms with van der Waals surface area (Å²) in [5, 5.41) is 2.14. The molecule has 0 spiro atoms. The Labute approximate surface area is 176 Å². The van der Waals surface area contributed by atoms with Crippen LogP contribution in [-0.2, 0) is 6.54 Å². The number of thiazole rings is 1. The van der Waals surface area contributed by atoms with Crippen LogP contribution in [-0.4, -0.2) is 25.9 Å². The molecule has 154 valence electrons. The Balaban J connectivity index is 2.18. The molecule has 0 bridgehead atoms. The molecule has 0 atom stereocenters. The molecular weight excluding hydrogens is 384 g/mol.